The third-order valence-corrected chi connectivity index (χ3v) is 5.60. The molecule has 3 aromatic heterocycles. The van der Waals surface area contributed by atoms with E-state index < -0.39 is 0 Å². The summed E-state index contributed by atoms with van der Waals surface area (Å²) >= 11 is 0. The number of amides is 1. The van der Waals surface area contributed by atoms with Gasteiger partial charge in [0.25, 0.3) is 0 Å². The monoisotopic (exact) mass is 394 g/mol. The van der Waals surface area contributed by atoms with Gasteiger partial charge in [0.1, 0.15) is 6.54 Å². The van der Waals surface area contributed by atoms with E-state index in [1.807, 2.05) is 36.0 Å². The normalized spacial score (nSPS) is 15.5. The number of pyridine rings is 1. The van der Waals surface area contributed by atoms with Crippen molar-refractivity contribution in [2.75, 3.05) is 26.2 Å². The van der Waals surface area contributed by atoms with E-state index in [4.69, 9.17) is 5.10 Å². The molecular weight excluding hydrogens is 364 g/mol. The maximum Gasteiger partial charge on any atom is 0.241 e. The fourth-order valence-electron chi connectivity index (χ4n) is 4.16. The molecule has 0 aromatic carbocycles. The second-order valence-electron chi connectivity index (χ2n) is 7.96. The van der Waals surface area contributed by atoms with Gasteiger partial charge in [-0.05, 0) is 63.5 Å². The quantitative estimate of drug-likeness (QED) is 0.698. The minimum Gasteiger partial charge on any atom is -0.353 e. The highest BCUT2D eigenvalue weighted by Gasteiger charge is 2.18. The fourth-order valence-corrected chi connectivity index (χ4v) is 4.16. The van der Waals surface area contributed by atoms with E-state index in [-0.39, 0.29) is 12.5 Å². The average Bonchev–Trinajstić information content (AvgIpc) is 3.25. The summed E-state index contributed by atoms with van der Waals surface area (Å²) in [5.74, 6) is 0.789. The van der Waals surface area contributed by atoms with Gasteiger partial charge in [-0.2, -0.15) is 5.10 Å². The molecule has 0 atom stereocenters. The molecule has 3 aromatic rings. The lowest BCUT2D eigenvalue weighted by Crippen LogP contribution is -2.37. The van der Waals surface area contributed by atoms with Gasteiger partial charge in [-0.15, -0.1) is 0 Å². The van der Waals surface area contributed by atoms with Gasteiger partial charge >= 0.3 is 0 Å². The summed E-state index contributed by atoms with van der Waals surface area (Å²) in [5.41, 5.74) is 2.80. The standard InChI is InChI=1S/C22H30N6O/c1-17-15-18(2)24-21-20(17)22(27-12-7-8-13-27)25-28(21)16-19(29)23-9-14-26-10-5-3-4-6-11-26/h7-8,12-13,15H,3-6,9-11,14,16H2,1-2H3,(H,23,29). The van der Waals surface area contributed by atoms with Crippen molar-refractivity contribution in [1.82, 2.24) is 29.5 Å². The number of hydrogen-bond acceptors (Lipinski definition) is 4. The maximum absolute atomic E-state index is 12.6. The zero-order valence-corrected chi connectivity index (χ0v) is 17.4. The number of aryl methyl sites for hydroxylation is 2. The van der Waals surface area contributed by atoms with Gasteiger partial charge in [0.2, 0.25) is 5.91 Å². The van der Waals surface area contributed by atoms with Crippen molar-refractivity contribution < 1.29 is 4.79 Å². The molecule has 0 radical (unpaired) electrons. The molecule has 29 heavy (non-hydrogen) atoms. The van der Waals surface area contributed by atoms with Gasteiger partial charge < -0.3 is 14.8 Å². The van der Waals surface area contributed by atoms with Crippen LogP contribution in [0.3, 0.4) is 0 Å². The highest BCUT2D eigenvalue weighted by atomic mass is 16.2. The summed E-state index contributed by atoms with van der Waals surface area (Å²) in [4.78, 5) is 19.7. The smallest absolute Gasteiger partial charge is 0.241 e. The van der Waals surface area contributed by atoms with Crippen LogP contribution in [0.5, 0.6) is 0 Å². The Morgan fingerprint density at radius 2 is 1.83 bits per heavy atom. The molecule has 0 bridgehead atoms. The maximum atomic E-state index is 12.6. The molecule has 4 heterocycles. The first-order chi connectivity index (χ1) is 14.1. The van der Waals surface area contributed by atoms with Gasteiger partial charge in [0.05, 0.1) is 5.39 Å². The number of hydrogen-bond donors (Lipinski definition) is 1. The Labute approximate surface area is 171 Å². The first-order valence-electron chi connectivity index (χ1n) is 10.6. The molecule has 1 amide bonds. The molecule has 1 saturated heterocycles. The Morgan fingerprint density at radius 1 is 1.10 bits per heavy atom. The van der Waals surface area contributed by atoms with Crippen molar-refractivity contribution in [2.24, 2.45) is 0 Å². The van der Waals surface area contributed by atoms with E-state index in [2.05, 4.69) is 28.2 Å². The Hall–Kier alpha value is -2.67. The van der Waals surface area contributed by atoms with Crippen molar-refractivity contribution in [2.45, 2.75) is 46.1 Å². The fraction of sp³-hybridized carbons (Fsp3) is 0.500. The van der Waals surface area contributed by atoms with Crippen LogP contribution in [0.15, 0.2) is 30.6 Å². The number of carbonyl (C=O) groups excluding carboxylic acids is 1. The van der Waals surface area contributed by atoms with Crippen LogP contribution in [0.25, 0.3) is 16.9 Å². The van der Waals surface area contributed by atoms with Gasteiger partial charge in [-0.25, -0.2) is 9.67 Å². The molecule has 1 fully saturated rings. The molecule has 7 heteroatoms. The Balaban J connectivity index is 1.48. The summed E-state index contributed by atoms with van der Waals surface area (Å²) in [5, 5.41) is 8.78. The van der Waals surface area contributed by atoms with Gasteiger partial charge in [-0.1, -0.05) is 12.8 Å². The zero-order valence-electron chi connectivity index (χ0n) is 17.4. The topological polar surface area (TPSA) is 68.0 Å². The first kappa shape index (κ1) is 19.6. The molecule has 154 valence electrons. The van der Waals surface area contributed by atoms with Crippen LogP contribution >= 0.6 is 0 Å². The number of aromatic nitrogens is 4. The number of likely N-dealkylation sites (tertiary alicyclic amines) is 1. The molecular formula is C22H30N6O. The van der Waals surface area contributed by atoms with Crippen LogP contribution < -0.4 is 5.32 Å². The Bertz CT molecular complexity index is 967. The van der Waals surface area contributed by atoms with Gasteiger partial charge in [-0.3, -0.25) is 4.79 Å². The van der Waals surface area contributed by atoms with Crippen LogP contribution in [0, 0.1) is 13.8 Å². The lowest BCUT2D eigenvalue weighted by Gasteiger charge is -2.19. The van der Waals surface area contributed by atoms with Crippen molar-refractivity contribution in [1.29, 1.82) is 0 Å². The molecule has 1 aliphatic heterocycles. The predicted octanol–water partition coefficient (Wildman–Crippen LogP) is 2.83. The van der Waals surface area contributed by atoms with Crippen LogP contribution in [0.2, 0.25) is 0 Å². The number of fused-ring (bicyclic) bond motifs is 1. The number of nitrogens with one attached hydrogen (secondary N) is 1. The van der Waals surface area contributed by atoms with Crippen LogP contribution in [0.1, 0.15) is 36.9 Å². The van der Waals surface area contributed by atoms with Crippen LogP contribution in [0.4, 0.5) is 0 Å². The molecule has 0 aliphatic carbocycles. The molecule has 0 spiro atoms. The van der Waals surface area contributed by atoms with E-state index in [1.165, 1.54) is 25.7 Å². The van der Waals surface area contributed by atoms with E-state index >= 15 is 0 Å². The highest BCUT2D eigenvalue weighted by Crippen LogP contribution is 2.25. The van der Waals surface area contributed by atoms with Crippen LogP contribution in [-0.4, -0.2) is 56.3 Å². The average molecular weight is 395 g/mol. The third-order valence-electron chi connectivity index (χ3n) is 5.60. The van der Waals surface area contributed by atoms with Gasteiger partial charge in [0, 0.05) is 31.2 Å². The third kappa shape index (κ3) is 4.50. The molecule has 1 N–H and O–H groups in total. The first-order valence-corrected chi connectivity index (χ1v) is 10.6. The van der Waals surface area contributed by atoms with E-state index in [0.717, 1.165) is 47.7 Å². The Kier molecular flexibility index (Phi) is 5.94. The Morgan fingerprint density at radius 3 is 2.55 bits per heavy atom. The van der Waals surface area contributed by atoms with Crippen molar-refractivity contribution >= 4 is 16.9 Å². The van der Waals surface area contributed by atoms with Crippen molar-refractivity contribution in [3.63, 3.8) is 0 Å². The second kappa shape index (κ2) is 8.78. The minimum atomic E-state index is -0.0239. The zero-order chi connectivity index (χ0) is 20.2. The summed E-state index contributed by atoms with van der Waals surface area (Å²) in [6.07, 6.45) is 9.11. The summed E-state index contributed by atoms with van der Waals surface area (Å²) in [6.45, 7) is 8.08. The SMILES string of the molecule is Cc1cc(C)c2c(-n3cccc3)nn(CC(=O)NCCN3CCCCCC3)c2n1. The largest absolute Gasteiger partial charge is 0.353 e. The highest BCUT2D eigenvalue weighted by molar-refractivity contribution is 5.88. The van der Waals surface area contributed by atoms with Crippen molar-refractivity contribution in [3.05, 3.63) is 41.9 Å². The molecule has 4 rings (SSSR count). The summed E-state index contributed by atoms with van der Waals surface area (Å²) < 4.78 is 3.70. The molecule has 7 nitrogen and oxygen atoms in total. The molecule has 0 unspecified atom stereocenters. The summed E-state index contributed by atoms with van der Waals surface area (Å²) in [6, 6.07) is 6.00. The van der Waals surface area contributed by atoms with E-state index in [0.29, 0.717) is 6.54 Å². The number of carbonyl (C=O) groups is 1. The summed E-state index contributed by atoms with van der Waals surface area (Å²) in [7, 11) is 0. The number of rotatable bonds is 6. The van der Waals surface area contributed by atoms with E-state index in [9.17, 15) is 4.79 Å². The van der Waals surface area contributed by atoms with E-state index in [1.54, 1.807) is 4.68 Å². The van der Waals surface area contributed by atoms with Gasteiger partial charge in [0.15, 0.2) is 11.5 Å². The predicted molar refractivity (Wildman–Crippen MR) is 114 cm³/mol. The minimum absolute atomic E-state index is 0.0239. The molecule has 1 aliphatic rings. The van der Waals surface area contributed by atoms with Crippen LogP contribution in [-0.2, 0) is 11.3 Å². The lowest BCUT2D eigenvalue weighted by molar-refractivity contribution is -0.121. The van der Waals surface area contributed by atoms with Crippen molar-refractivity contribution in [3.8, 4) is 5.82 Å². The number of nitrogens with zero attached hydrogens (tertiary/aromatic N) is 5. The molecule has 0 saturated carbocycles. The lowest BCUT2D eigenvalue weighted by atomic mass is 10.2. The second-order valence-corrected chi connectivity index (χ2v) is 7.96.